The Bertz CT molecular complexity index is 1130. The Morgan fingerprint density at radius 1 is 1.17 bits per heavy atom. The second kappa shape index (κ2) is 7.01. The van der Waals surface area contributed by atoms with E-state index < -0.39 is 11.9 Å². The van der Waals surface area contributed by atoms with Gasteiger partial charge in [-0.05, 0) is 44.2 Å². The number of benzene rings is 1. The summed E-state index contributed by atoms with van der Waals surface area (Å²) >= 11 is 0. The molecule has 1 amide bonds. The van der Waals surface area contributed by atoms with Gasteiger partial charge in [0, 0.05) is 11.3 Å². The molecule has 3 aromatic rings. The van der Waals surface area contributed by atoms with E-state index in [4.69, 9.17) is 19.6 Å². The van der Waals surface area contributed by atoms with Crippen molar-refractivity contribution >= 4 is 11.9 Å². The van der Waals surface area contributed by atoms with Gasteiger partial charge in [0.1, 0.15) is 17.6 Å². The molecule has 0 bridgehead atoms. The number of rotatable bonds is 5. The summed E-state index contributed by atoms with van der Waals surface area (Å²) in [7, 11) is 3.14. The molecular weight excluding hydrogens is 374 g/mol. The van der Waals surface area contributed by atoms with Crippen LogP contribution in [0.1, 0.15) is 24.5 Å². The number of allylic oxidation sites excluding steroid dienone is 1. The lowest BCUT2D eigenvalue weighted by Crippen LogP contribution is -2.31. The SMILES string of the molecule is COc1ccc(-c2nc3n(n2)C(c2ccc(C)o2)C(C(N)=O)=C(C)N3)cc1OC. The van der Waals surface area contributed by atoms with Crippen LogP contribution in [0.3, 0.4) is 0 Å². The molecule has 0 spiro atoms. The van der Waals surface area contributed by atoms with Gasteiger partial charge in [0.2, 0.25) is 11.9 Å². The predicted molar refractivity (Wildman–Crippen MR) is 106 cm³/mol. The van der Waals surface area contributed by atoms with Gasteiger partial charge in [-0.3, -0.25) is 4.79 Å². The van der Waals surface area contributed by atoms with E-state index in [1.54, 1.807) is 38.0 Å². The van der Waals surface area contributed by atoms with Gasteiger partial charge < -0.3 is 24.9 Å². The molecule has 1 aliphatic heterocycles. The average molecular weight is 395 g/mol. The molecule has 9 nitrogen and oxygen atoms in total. The number of nitrogens with zero attached hydrogens (tertiary/aromatic N) is 3. The summed E-state index contributed by atoms with van der Waals surface area (Å²) in [6.45, 7) is 3.61. The third-order valence-corrected chi connectivity index (χ3v) is 4.79. The Morgan fingerprint density at radius 2 is 1.93 bits per heavy atom. The highest BCUT2D eigenvalue weighted by atomic mass is 16.5. The van der Waals surface area contributed by atoms with Crippen molar-refractivity contribution < 1.29 is 18.7 Å². The number of nitrogens with one attached hydrogen (secondary N) is 1. The molecule has 3 N–H and O–H groups in total. The number of amides is 1. The maximum atomic E-state index is 12.2. The molecule has 2 aromatic heterocycles. The van der Waals surface area contributed by atoms with Crippen LogP contribution in [0.4, 0.5) is 5.95 Å². The minimum atomic E-state index is -0.612. The molecule has 1 atom stereocenters. The Hall–Kier alpha value is -3.75. The smallest absolute Gasteiger partial charge is 0.249 e. The third kappa shape index (κ3) is 3.10. The van der Waals surface area contributed by atoms with Gasteiger partial charge in [-0.25, -0.2) is 4.68 Å². The molecule has 0 aliphatic carbocycles. The lowest BCUT2D eigenvalue weighted by molar-refractivity contribution is -0.115. The van der Waals surface area contributed by atoms with Crippen LogP contribution >= 0.6 is 0 Å². The summed E-state index contributed by atoms with van der Waals surface area (Å²) in [6.07, 6.45) is 0. The number of fused-ring (bicyclic) bond motifs is 1. The molecule has 0 saturated carbocycles. The van der Waals surface area contributed by atoms with Gasteiger partial charge in [0.05, 0.1) is 19.8 Å². The van der Waals surface area contributed by atoms with E-state index in [1.807, 2.05) is 25.1 Å². The van der Waals surface area contributed by atoms with Crippen molar-refractivity contribution in [2.45, 2.75) is 19.9 Å². The summed E-state index contributed by atoms with van der Waals surface area (Å²) in [5.74, 6) is 2.84. The van der Waals surface area contributed by atoms with E-state index >= 15 is 0 Å². The zero-order valence-electron chi connectivity index (χ0n) is 16.5. The van der Waals surface area contributed by atoms with E-state index in [9.17, 15) is 4.79 Å². The Labute approximate surface area is 167 Å². The van der Waals surface area contributed by atoms with E-state index in [0.717, 1.165) is 11.3 Å². The van der Waals surface area contributed by atoms with Crippen LogP contribution in [0.25, 0.3) is 11.4 Å². The molecule has 9 heteroatoms. The van der Waals surface area contributed by atoms with Crippen LogP contribution in [-0.4, -0.2) is 34.9 Å². The second-order valence-corrected chi connectivity index (χ2v) is 6.65. The van der Waals surface area contributed by atoms with Crippen molar-refractivity contribution in [2.24, 2.45) is 5.73 Å². The summed E-state index contributed by atoms with van der Waals surface area (Å²) in [6, 6.07) is 8.44. The zero-order valence-corrected chi connectivity index (χ0v) is 16.5. The van der Waals surface area contributed by atoms with Crippen molar-refractivity contribution in [3.8, 4) is 22.9 Å². The predicted octanol–water partition coefficient (Wildman–Crippen LogP) is 2.64. The molecule has 150 valence electrons. The second-order valence-electron chi connectivity index (χ2n) is 6.65. The van der Waals surface area contributed by atoms with Gasteiger partial charge in [0.25, 0.3) is 0 Å². The first-order valence-electron chi connectivity index (χ1n) is 8.95. The van der Waals surface area contributed by atoms with Crippen molar-refractivity contribution in [3.05, 3.63) is 53.1 Å². The quantitative estimate of drug-likeness (QED) is 0.682. The number of carbonyl (C=O) groups is 1. The van der Waals surface area contributed by atoms with E-state index in [-0.39, 0.29) is 0 Å². The van der Waals surface area contributed by atoms with Gasteiger partial charge in [0.15, 0.2) is 17.3 Å². The van der Waals surface area contributed by atoms with Crippen LogP contribution in [-0.2, 0) is 4.79 Å². The first kappa shape index (κ1) is 18.6. The summed E-state index contributed by atoms with van der Waals surface area (Å²) in [4.78, 5) is 16.8. The maximum Gasteiger partial charge on any atom is 0.249 e. The molecule has 0 fully saturated rings. The number of anilines is 1. The van der Waals surface area contributed by atoms with Gasteiger partial charge in [-0.1, -0.05) is 0 Å². The van der Waals surface area contributed by atoms with E-state index in [2.05, 4.69) is 15.4 Å². The number of primary amides is 1. The third-order valence-electron chi connectivity index (χ3n) is 4.79. The highest BCUT2D eigenvalue weighted by Crippen LogP contribution is 2.37. The summed E-state index contributed by atoms with van der Waals surface area (Å²) in [5.41, 5.74) is 7.38. The molecule has 3 heterocycles. The minimum absolute atomic E-state index is 0.371. The normalized spacial score (nSPS) is 15.7. The fraction of sp³-hybridized carbons (Fsp3) is 0.250. The molecule has 4 rings (SSSR count). The van der Waals surface area contributed by atoms with Crippen molar-refractivity contribution in [2.75, 3.05) is 19.5 Å². The Morgan fingerprint density at radius 3 is 2.55 bits per heavy atom. The number of carbonyl (C=O) groups excluding carboxylic acids is 1. The lowest BCUT2D eigenvalue weighted by Gasteiger charge is -2.25. The number of methoxy groups -OCH3 is 2. The van der Waals surface area contributed by atoms with Crippen LogP contribution in [0.5, 0.6) is 11.5 Å². The molecule has 0 radical (unpaired) electrons. The lowest BCUT2D eigenvalue weighted by atomic mass is 10.0. The van der Waals surface area contributed by atoms with Gasteiger partial charge >= 0.3 is 0 Å². The molecule has 1 aliphatic rings. The molecular formula is C20H21N5O4. The largest absolute Gasteiger partial charge is 0.493 e. The molecule has 1 unspecified atom stereocenters. The first-order chi connectivity index (χ1) is 13.9. The van der Waals surface area contributed by atoms with Crippen molar-refractivity contribution in [1.82, 2.24) is 14.8 Å². The minimum Gasteiger partial charge on any atom is -0.493 e. The number of nitrogens with two attached hydrogens (primary N) is 1. The monoisotopic (exact) mass is 395 g/mol. The van der Waals surface area contributed by atoms with Crippen LogP contribution in [0.2, 0.25) is 0 Å². The molecule has 0 saturated heterocycles. The van der Waals surface area contributed by atoms with E-state index in [0.29, 0.717) is 40.3 Å². The number of aromatic nitrogens is 3. The number of ether oxygens (including phenoxy) is 2. The van der Waals surface area contributed by atoms with E-state index in [1.165, 1.54) is 0 Å². The van der Waals surface area contributed by atoms with Crippen molar-refractivity contribution in [3.63, 3.8) is 0 Å². The summed E-state index contributed by atoms with van der Waals surface area (Å²) in [5, 5.41) is 7.74. The zero-order chi connectivity index (χ0) is 20.7. The molecule has 1 aromatic carbocycles. The van der Waals surface area contributed by atoms with Crippen LogP contribution in [0, 0.1) is 6.92 Å². The first-order valence-corrected chi connectivity index (χ1v) is 8.95. The Balaban J connectivity index is 1.84. The van der Waals surface area contributed by atoms with Crippen LogP contribution < -0.4 is 20.5 Å². The Kier molecular flexibility index (Phi) is 4.50. The highest BCUT2D eigenvalue weighted by molar-refractivity contribution is 5.95. The van der Waals surface area contributed by atoms with Gasteiger partial charge in [-0.15, -0.1) is 5.10 Å². The average Bonchev–Trinajstić information content (AvgIpc) is 3.32. The highest BCUT2D eigenvalue weighted by Gasteiger charge is 2.35. The fourth-order valence-corrected chi connectivity index (χ4v) is 3.43. The standard InChI is InChI=1S/C20H21N5O4/c1-10-5-7-14(29-10)17-16(18(21)26)11(2)22-20-23-19(24-25(17)20)12-6-8-13(27-3)15(9-12)28-4/h5-9,17H,1-4H3,(H2,21,26)(H,22,23,24). The van der Waals surface area contributed by atoms with Gasteiger partial charge in [-0.2, -0.15) is 4.98 Å². The fourth-order valence-electron chi connectivity index (χ4n) is 3.43. The summed E-state index contributed by atoms with van der Waals surface area (Å²) < 4.78 is 18.1. The topological polar surface area (TPSA) is 117 Å². The number of hydrogen-bond acceptors (Lipinski definition) is 7. The maximum absolute atomic E-state index is 12.2. The van der Waals surface area contributed by atoms with Crippen molar-refractivity contribution in [1.29, 1.82) is 0 Å². The number of aryl methyl sites for hydroxylation is 1. The number of furan rings is 1. The van der Waals surface area contributed by atoms with Crippen LogP contribution in [0.15, 0.2) is 46.0 Å². The molecule has 29 heavy (non-hydrogen) atoms. The number of hydrogen-bond donors (Lipinski definition) is 2.